The number of ether oxygens (including phenoxy) is 1. The van der Waals surface area contributed by atoms with Crippen molar-refractivity contribution in [3.05, 3.63) is 70.3 Å². The van der Waals surface area contributed by atoms with Gasteiger partial charge in [-0.1, -0.05) is 55.8 Å². The number of rotatable bonds is 5. The zero-order valence-corrected chi connectivity index (χ0v) is 13.2. The fourth-order valence-electron chi connectivity index (χ4n) is 2.78. The van der Waals surface area contributed by atoms with Gasteiger partial charge in [-0.2, -0.15) is 0 Å². The number of alkyl halides is 1. The summed E-state index contributed by atoms with van der Waals surface area (Å²) in [5, 5.41) is -0.0869. The second-order valence-electron chi connectivity index (χ2n) is 5.73. The maximum atomic E-state index is 6.65. The number of benzene rings is 2. The Morgan fingerprint density at radius 2 is 1.71 bits per heavy atom. The van der Waals surface area contributed by atoms with Gasteiger partial charge in [-0.3, -0.25) is 0 Å². The molecule has 0 radical (unpaired) electrons. The monoisotopic (exact) mass is 300 g/mol. The summed E-state index contributed by atoms with van der Waals surface area (Å²) in [4.78, 5) is 0. The molecule has 2 aromatic rings. The zero-order valence-electron chi connectivity index (χ0n) is 12.4. The molecule has 0 saturated carbocycles. The van der Waals surface area contributed by atoms with Crippen LogP contribution in [-0.2, 0) is 24.4 Å². The van der Waals surface area contributed by atoms with E-state index in [4.69, 9.17) is 16.3 Å². The van der Waals surface area contributed by atoms with Crippen LogP contribution in [0.4, 0.5) is 0 Å². The number of unbranched alkanes of at least 4 members (excludes halogenated alkanes) is 1. The van der Waals surface area contributed by atoms with E-state index in [-0.39, 0.29) is 5.38 Å². The van der Waals surface area contributed by atoms with Gasteiger partial charge in [-0.05, 0) is 40.7 Å². The highest BCUT2D eigenvalue weighted by atomic mass is 35.5. The standard InChI is InChI=1S/C19H21ClO/c1-2-3-4-14-5-7-15(8-6-14)19(20)16-9-10-17-12-21-13-18(17)11-16/h5-11,19H,2-4,12-13H2,1H3. The number of fused-ring (bicyclic) bond motifs is 1. The molecule has 0 bridgehead atoms. The van der Waals surface area contributed by atoms with Crippen molar-refractivity contribution >= 4 is 11.6 Å². The normalized spacial score (nSPS) is 15.0. The number of aryl methyl sites for hydroxylation is 1. The molecule has 3 rings (SSSR count). The summed E-state index contributed by atoms with van der Waals surface area (Å²) >= 11 is 6.65. The molecule has 110 valence electrons. The summed E-state index contributed by atoms with van der Waals surface area (Å²) in [5.41, 5.74) is 6.28. The number of hydrogen-bond donors (Lipinski definition) is 0. The molecule has 0 saturated heterocycles. The van der Waals surface area contributed by atoms with Gasteiger partial charge in [-0.15, -0.1) is 11.6 Å². The lowest BCUT2D eigenvalue weighted by Gasteiger charge is -2.12. The lowest BCUT2D eigenvalue weighted by molar-refractivity contribution is 0.134. The molecule has 0 N–H and O–H groups in total. The van der Waals surface area contributed by atoms with Crippen LogP contribution in [0.15, 0.2) is 42.5 Å². The topological polar surface area (TPSA) is 9.23 Å². The van der Waals surface area contributed by atoms with Crippen LogP contribution in [0.2, 0.25) is 0 Å². The molecule has 1 aliphatic heterocycles. The smallest absolute Gasteiger partial charge is 0.0835 e. The van der Waals surface area contributed by atoms with E-state index in [1.54, 1.807) is 0 Å². The van der Waals surface area contributed by atoms with Gasteiger partial charge < -0.3 is 4.74 Å². The van der Waals surface area contributed by atoms with E-state index >= 15 is 0 Å². The average Bonchev–Trinajstić information content (AvgIpc) is 3.00. The largest absolute Gasteiger partial charge is 0.372 e. The molecule has 0 amide bonds. The first-order valence-corrected chi connectivity index (χ1v) is 8.14. The molecule has 0 aliphatic carbocycles. The quantitative estimate of drug-likeness (QED) is 0.673. The fraction of sp³-hybridized carbons (Fsp3) is 0.368. The van der Waals surface area contributed by atoms with E-state index < -0.39 is 0 Å². The molecule has 0 spiro atoms. The van der Waals surface area contributed by atoms with Crippen LogP contribution in [0.25, 0.3) is 0 Å². The first-order chi connectivity index (χ1) is 10.3. The van der Waals surface area contributed by atoms with E-state index in [2.05, 4.69) is 49.4 Å². The lowest BCUT2D eigenvalue weighted by atomic mass is 9.98. The fourth-order valence-corrected chi connectivity index (χ4v) is 3.06. The summed E-state index contributed by atoms with van der Waals surface area (Å²) in [6, 6.07) is 15.2. The van der Waals surface area contributed by atoms with E-state index in [0.29, 0.717) is 6.61 Å². The maximum absolute atomic E-state index is 6.65. The van der Waals surface area contributed by atoms with Crippen molar-refractivity contribution in [2.75, 3.05) is 0 Å². The molecule has 0 aromatic heterocycles. The van der Waals surface area contributed by atoms with Crippen molar-refractivity contribution in [2.45, 2.75) is 44.8 Å². The summed E-state index contributed by atoms with van der Waals surface area (Å²) in [5.74, 6) is 0. The molecule has 1 nitrogen and oxygen atoms in total. The van der Waals surface area contributed by atoms with Crippen molar-refractivity contribution in [3.63, 3.8) is 0 Å². The molecule has 1 atom stereocenters. The third-order valence-corrected chi connectivity index (χ3v) is 4.63. The zero-order chi connectivity index (χ0) is 14.7. The van der Waals surface area contributed by atoms with E-state index in [1.165, 1.54) is 29.5 Å². The highest BCUT2D eigenvalue weighted by Gasteiger charge is 2.16. The molecule has 1 heterocycles. The molecular formula is C19H21ClO. The second kappa shape index (κ2) is 6.64. The second-order valence-corrected chi connectivity index (χ2v) is 6.17. The lowest BCUT2D eigenvalue weighted by Crippen LogP contribution is -1.96. The van der Waals surface area contributed by atoms with Crippen LogP contribution in [0.1, 0.15) is 53.0 Å². The molecule has 1 aliphatic rings. The van der Waals surface area contributed by atoms with Gasteiger partial charge in [0.25, 0.3) is 0 Å². The van der Waals surface area contributed by atoms with Crippen LogP contribution >= 0.6 is 11.6 Å². The van der Waals surface area contributed by atoms with Gasteiger partial charge in [0.1, 0.15) is 0 Å². The van der Waals surface area contributed by atoms with Crippen LogP contribution < -0.4 is 0 Å². The molecule has 2 aromatic carbocycles. The molecular weight excluding hydrogens is 280 g/mol. The van der Waals surface area contributed by atoms with Crippen molar-refractivity contribution in [1.82, 2.24) is 0 Å². The third-order valence-electron chi connectivity index (χ3n) is 4.13. The van der Waals surface area contributed by atoms with Crippen LogP contribution in [0, 0.1) is 0 Å². The van der Waals surface area contributed by atoms with E-state index in [9.17, 15) is 0 Å². The minimum Gasteiger partial charge on any atom is -0.372 e. The number of halogens is 1. The van der Waals surface area contributed by atoms with Gasteiger partial charge >= 0.3 is 0 Å². The van der Waals surface area contributed by atoms with E-state index in [1.807, 2.05) is 0 Å². The first-order valence-electron chi connectivity index (χ1n) is 7.70. The van der Waals surface area contributed by atoms with Crippen molar-refractivity contribution in [1.29, 1.82) is 0 Å². The van der Waals surface area contributed by atoms with Gasteiger partial charge in [-0.25, -0.2) is 0 Å². The number of hydrogen-bond acceptors (Lipinski definition) is 1. The van der Waals surface area contributed by atoms with Crippen molar-refractivity contribution in [2.24, 2.45) is 0 Å². The van der Waals surface area contributed by atoms with Crippen molar-refractivity contribution < 1.29 is 4.74 Å². The molecule has 1 unspecified atom stereocenters. The average molecular weight is 301 g/mol. The minimum atomic E-state index is -0.0869. The Labute approximate surface area is 131 Å². The summed E-state index contributed by atoms with van der Waals surface area (Å²) < 4.78 is 5.47. The minimum absolute atomic E-state index is 0.0869. The predicted octanol–water partition coefficient (Wildman–Crippen LogP) is 5.39. The maximum Gasteiger partial charge on any atom is 0.0835 e. The molecule has 21 heavy (non-hydrogen) atoms. The summed E-state index contributed by atoms with van der Waals surface area (Å²) in [6.45, 7) is 3.66. The Kier molecular flexibility index (Phi) is 4.62. The van der Waals surface area contributed by atoms with Crippen LogP contribution in [0.5, 0.6) is 0 Å². The third kappa shape index (κ3) is 3.30. The highest BCUT2D eigenvalue weighted by molar-refractivity contribution is 6.22. The van der Waals surface area contributed by atoms with Gasteiger partial charge in [0.2, 0.25) is 0 Å². The van der Waals surface area contributed by atoms with Gasteiger partial charge in [0, 0.05) is 0 Å². The highest BCUT2D eigenvalue weighted by Crippen LogP contribution is 2.32. The Morgan fingerprint density at radius 3 is 2.48 bits per heavy atom. The summed E-state index contributed by atoms with van der Waals surface area (Å²) in [7, 11) is 0. The molecule has 0 fully saturated rings. The first kappa shape index (κ1) is 14.6. The Balaban J connectivity index is 1.76. The Bertz CT molecular complexity index is 603. The molecule has 2 heteroatoms. The Morgan fingerprint density at radius 1 is 1.00 bits per heavy atom. The SMILES string of the molecule is CCCCc1ccc(C(Cl)c2ccc3c(c2)COC3)cc1. The van der Waals surface area contributed by atoms with Crippen LogP contribution in [0.3, 0.4) is 0 Å². The predicted molar refractivity (Wildman–Crippen MR) is 87.7 cm³/mol. The van der Waals surface area contributed by atoms with Crippen molar-refractivity contribution in [3.8, 4) is 0 Å². The van der Waals surface area contributed by atoms with Gasteiger partial charge in [0.15, 0.2) is 0 Å². The Hall–Kier alpha value is -1.31. The van der Waals surface area contributed by atoms with E-state index in [0.717, 1.165) is 24.2 Å². The van der Waals surface area contributed by atoms with Crippen LogP contribution in [-0.4, -0.2) is 0 Å². The summed E-state index contributed by atoms with van der Waals surface area (Å²) in [6.07, 6.45) is 3.63. The van der Waals surface area contributed by atoms with Gasteiger partial charge in [0.05, 0.1) is 18.6 Å².